The van der Waals surface area contributed by atoms with E-state index in [4.69, 9.17) is 28.4 Å². The molecule has 9 rings (SSSR count). The summed E-state index contributed by atoms with van der Waals surface area (Å²) >= 11 is 0. The van der Waals surface area contributed by atoms with Gasteiger partial charge >= 0.3 is 0 Å². The number of β-amino-alcohol motifs (C(OH)–C–C–N with tert-alkyl or cyclic N) is 2. The van der Waals surface area contributed by atoms with Crippen molar-refractivity contribution >= 4 is 0 Å². The monoisotopic (exact) mass is 765 g/mol. The normalized spacial score (nSPS) is 21.8. The van der Waals surface area contributed by atoms with Crippen LogP contribution in [0.4, 0.5) is 0 Å². The minimum Gasteiger partial charge on any atom is -0.493 e. The molecule has 5 aliphatic heterocycles. The van der Waals surface area contributed by atoms with Gasteiger partial charge in [0.25, 0.3) is 0 Å². The lowest BCUT2D eigenvalue weighted by atomic mass is 9.87. The van der Waals surface area contributed by atoms with E-state index in [1.807, 2.05) is 18.2 Å². The van der Waals surface area contributed by atoms with E-state index in [2.05, 4.69) is 71.3 Å². The number of ether oxygens (including phenoxy) is 6. The number of methoxy groups -OCH3 is 3. The van der Waals surface area contributed by atoms with Crippen molar-refractivity contribution in [3.63, 3.8) is 0 Å². The Morgan fingerprint density at radius 1 is 0.750 bits per heavy atom. The molecular weight excluding hydrogens is 711 g/mol. The van der Waals surface area contributed by atoms with Gasteiger partial charge in [-0.15, -0.1) is 0 Å². The van der Waals surface area contributed by atoms with E-state index >= 15 is 0 Å². The number of benzene rings is 4. The van der Waals surface area contributed by atoms with Crippen LogP contribution in [0.15, 0.2) is 60.7 Å². The first-order chi connectivity index (χ1) is 27.2. The van der Waals surface area contributed by atoms with Crippen molar-refractivity contribution in [1.29, 1.82) is 0 Å². The topological polar surface area (TPSA) is 106 Å². The summed E-state index contributed by atoms with van der Waals surface area (Å²) in [5.41, 5.74) is 6.83. The molecule has 0 saturated carbocycles. The fourth-order valence-corrected chi connectivity index (χ4v) is 8.95. The summed E-state index contributed by atoms with van der Waals surface area (Å²) in [4.78, 5) is 6.87. The molecule has 4 unspecified atom stereocenters. The number of fused-ring (bicyclic) bond motifs is 2. The number of likely N-dealkylation sites (N-methyl/N-ethyl adjacent to an activating group) is 2. The summed E-state index contributed by atoms with van der Waals surface area (Å²) < 4.78 is 38.2. The van der Waals surface area contributed by atoms with Crippen molar-refractivity contribution in [3.05, 3.63) is 94.0 Å². The molecule has 0 aliphatic carbocycles. The molecule has 1 saturated heterocycles. The van der Waals surface area contributed by atoms with E-state index in [1.54, 1.807) is 21.3 Å². The Morgan fingerprint density at radius 2 is 1.43 bits per heavy atom. The highest BCUT2D eigenvalue weighted by atomic mass is 16.6. The lowest BCUT2D eigenvalue weighted by Gasteiger charge is -2.37. The zero-order valence-corrected chi connectivity index (χ0v) is 33.3. The molecule has 56 heavy (non-hydrogen) atoms. The van der Waals surface area contributed by atoms with Crippen molar-refractivity contribution < 1.29 is 38.6 Å². The van der Waals surface area contributed by atoms with Crippen LogP contribution >= 0.6 is 0 Å². The highest BCUT2D eigenvalue weighted by molar-refractivity contribution is 5.64. The average molecular weight is 766 g/mol. The maximum atomic E-state index is 11.3. The number of likely N-dealkylation sites (tertiary alicyclic amines) is 1. The van der Waals surface area contributed by atoms with Gasteiger partial charge in [0.05, 0.1) is 27.4 Å². The molecular formula is C45H55N3O8. The van der Waals surface area contributed by atoms with E-state index in [0.29, 0.717) is 59.8 Å². The SMILES string of the molecule is COc1ccc2cc1Oc1ccc(cc1)CC1c3cc(c(OC)cc3CCN1C)Oc1c(OCC(O)CN3CCCC(O)C3)c(OC)cc3c1C(C2)N(C)CC3. The van der Waals surface area contributed by atoms with Crippen LogP contribution in [0.1, 0.15) is 58.3 Å². The smallest absolute Gasteiger partial charge is 0.204 e. The predicted molar refractivity (Wildman–Crippen MR) is 214 cm³/mol. The van der Waals surface area contributed by atoms with Gasteiger partial charge in [-0.25, -0.2) is 0 Å². The first kappa shape index (κ1) is 38.4. The number of piperidine rings is 1. The van der Waals surface area contributed by atoms with Gasteiger partial charge < -0.3 is 38.6 Å². The number of hydrogen-bond acceptors (Lipinski definition) is 11. The minimum atomic E-state index is -0.799. The Hall–Kier alpha value is -4.52. The Kier molecular flexibility index (Phi) is 11.3. The second kappa shape index (κ2) is 16.5. The molecule has 0 amide bonds. The number of aliphatic hydroxyl groups excluding tert-OH is 2. The number of rotatable bonds is 8. The zero-order valence-electron chi connectivity index (χ0n) is 33.3. The second-order valence-electron chi connectivity index (χ2n) is 15.8. The molecule has 4 aromatic carbocycles. The Morgan fingerprint density at radius 3 is 2.18 bits per heavy atom. The largest absolute Gasteiger partial charge is 0.493 e. The molecule has 11 nitrogen and oxygen atoms in total. The summed E-state index contributed by atoms with van der Waals surface area (Å²) in [6, 6.07) is 20.8. The van der Waals surface area contributed by atoms with Crippen LogP contribution in [0.3, 0.4) is 0 Å². The van der Waals surface area contributed by atoms with Gasteiger partial charge in [0.1, 0.15) is 18.5 Å². The van der Waals surface area contributed by atoms with Gasteiger partial charge in [-0.2, -0.15) is 0 Å². The minimum absolute atomic E-state index is 0.0183. The maximum absolute atomic E-state index is 11.3. The average Bonchev–Trinajstić information content (AvgIpc) is 3.19. The van der Waals surface area contributed by atoms with Gasteiger partial charge in [-0.05, 0) is 129 Å². The van der Waals surface area contributed by atoms with Gasteiger partial charge in [-0.1, -0.05) is 18.2 Å². The summed E-state index contributed by atoms with van der Waals surface area (Å²) in [6.07, 6.45) is 3.64. The van der Waals surface area contributed by atoms with E-state index in [9.17, 15) is 10.2 Å². The van der Waals surface area contributed by atoms with Crippen molar-refractivity contribution in [2.75, 3.05) is 74.8 Å². The number of hydrogen-bond donors (Lipinski definition) is 2. The summed E-state index contributed by atoms with van der Waals surface area (Å²) in [5.74, 6) is 4.84. The molecule has 0 radical (unpaired) electrons. The molecule has 6 bridgehead atoms. The van der Waals surface area contributed by atoms with Crippen molar-refractivity contribution in [2.24, 2.45) is 0 Å². The fourth-order valence-electron chi connectivity index (χ4n) is 8.95. The number of aliphatic hydroxyl groups is 2. The molecule has 298 valence electrons. The first-order valence-corrected chi connectivity index (χ1v) is 19.9. The van der Waals surface area contributed by atoms with Crippen molar-refractivity contribution in [1.82, 2.24) is 14.7 Å². The van der Waals surface area contributed by atoms with E-state index in [-0.39, 0.29) is 24.8 Å². The fraction of sp³-hybridized carbons (Fsp3) is 0.467. The van der Waals surface area contributed by atoms with Crippen LogP contribution in [-0.4, -0.2) is 112 Å². The highest BCUT2D eigenvalue weighted by Crippen LogP contribution is 2.52. The maximum Gasteiger partial charge on any atom is 0.204 e. The van der Waals surface area contributed by atoms with Gasteiger partial charge in [0.15, 0.2) is 34.5 Å². The molecule has 4 atom stereocenters. The van der Waals surface area contributed by atoms with Crippen LogP contribution in [-0.2, 0) is 25.7 Å². The van der Waals surface area contributed by atoms with E-state index < -0.39 is 6.10 Å². The molecule has 0 spiro atoms. The number of nitrogens with zero attached hydrogens (tertiary/aromatic N) is 3. The third-order valence-electron chi connectivity index (χ3n) is 12.0. The lowest BCUT2D eigenvalue weighted by Crippen LogP contribution is -2.43. The molecule has 0 aromatic heterocycles. The van der Waals surface area contributed by atoms with Crippen LogP contribution < -0.4 is 28.4 Å². The summed E-state index contributed by atoms with van der Waals surface area (Å²) in [6.45, 7) is 3.54. The standard InChI is InChI=1S/C45H55N3O8/c1-46-17-14-30-22-39(52-4)41-24-35(30)36(46)19-28-8-11-34(12-9-28)55-40-21-29(10-13-38(40)51-3)20-37-43-31(15-18-47(37)2)23-42(53-5)44(45(43)56-41)54-27-33(50)26-48-16-6-7-32(49)25-48/h8-13,21-24,32-33,36-37,49-50H,6-7,14-20,25-27H2,1-5H3. The molecule has 1 fully saturated rings. The zero-order chi connectivity index (χ0) is 38.9. The highest BCUT2D eigenvalue weighted by Gasteiger charge is 2.35. The van der Waals surface area contributed by atoms with E-state index in [1.165, 1.54) is 16.7 Å². The van der Waals surface area contributed by atoms with Crippen LogP contribution in [0.5, 0.6) is 46.0 Å². The Bertz CT molecular complexity index is 2020. The van der Waals surface area contributed by atoms with Crippen LogP contribution in [0.2, 0.25) is 0 Å². The van der Waals surface area contributed by atoms with Gasteiger partial charge in [-0.3, -0.25) is 14.7 Å². The van der Waals surface area contributed by atoms with Crippen molar-refractivity contribution in [3.8, 4) is 46.0 Å². The molecule has 4 aromatic rings. The molecule has 5 aliphatic rings. The summed E-state index contributed by atoms with van der Waals surface area (Å²) in [5, 5.41) is 21.6. The predicted octanol–water partition coefficient (Wildman–Crippen LogP) is 6.35. The molecule has 5 heterocycles. The molecule has 11 heteroatoms. The van der Waals surface area contributed by atoms with Crippen molar-refractivity contribution in [2.45, 2.75) is 62.8 Å². The van der Waals surface area contributed by atoms with Crippen LogP contribution in [0.25, 0.3) is 0 Å². The van der Waals surface area contributed by atoms with Crippen LogP contribution in [0, 0.1) is 0 Å². The third-order valence-corrected chi connectivity index (χ3v) is 12.0. The lowest BCUT2D eigenvalue weighted by molar-refractivity contribution is 0.0236. The Balaban J connectivity index is 1.28. The quantitative estimate of drug-likeness (QED) is 0.210. The third kappa shape index (κ3) is 7.88. The van der Waals surface area contributed by atoms with E-state index in [0.717, 1.165) is 74.2 Å². The second-order valence-corrected chi connectivity index (χ2v) is 15.8. The first-order valence-electron chi connectivity index (χ1n) is 19.9. The van der Waals surface area contributed by atoms with Gasteiger partial charge in [0, 0.05) is 43.8 Å². The molecule has 2 N–H and O–H groups in total. The summed E-state index contributed by atoms with van der Waals surface area (Å²) in [7, 11) is 9.33. The Labute approximate surface area is 330 Å². The van der Waals surface area contributed by atoms with Gasteiger partial charge in [0.2, 0.25) is 5.75 Å².